The number of rotatable bonds is 7. The Hall–Kier alpha value is -1.54. The lowest BCUT2D eigenvalue weighted by atomic mass is 10.3. The second kappa shape index (κ2) is 6.95. The summed E-state index contributed by atoms with van der Waals surface area (Å²) in [6, 6.07) is 6.67. The minimum absolute atomic E-state index is 0.275. The van der Waals surface area contributed by atoms with Crippen LogP contribution >= 0.6 is 0 Å². The highest BCUT2D eigenvalue weighted by atomic mass is 32.3. The minimum Gasteiger partial charge on any atom is -0.497 e. The van der Waals surface area contributed by atoms with E-state index in [4.69, 9.17) is 4.74 Å². The zero-order valence-electron chi connectivity index (χ0n) is 12.2. The van der Waals surface area contributed by atoms with E-state index >= 15 is 0 Å². The highest BCUT2D eigenvalue weighted by molar-refractivity contribution is 8.14. The predicted molar refractivity (Wildman–Crippen MR) is 83.6 cm³/mol. The lowest BCUT2D eigenvalue weighted by Gasteiger charge is -2.09. The van der Waals surface area contributed by atoms with Crippen molar-refractivity contribution in [3.05, 3.63) is 34.7 Å². The first-order valence-corrected chi connectivity index (χ1v) is 9.63. The maximum absolute atomic E-state index is 11.9. The van der Waals surface area contributed by atoms with Crippen LogP contribution in [-0.4, -0.2) is 35.5 Å². The van der Waals surface area contributed by atoms with Crippen LogP contribution in [0, 0.1) is 0 Å². The first kappa shape index (κ1) is 17.5. The molecule has 118 valence electrons. The molecule has 0 aromatic heterocycles. The van der Waals surface area contributed by atoms with Crippen molar-refractivity contribution in [1.82, 2.24) is 0 Å². The van der Waals surface area contributed by atoms with Crippen molar-refractivity contribution in [2.75, 3.05) is 23.9 Å². The van der Waals surface area contributed by atoms with Crippen LogP contribution in [0.5, 0.6) is 5.75 Å². The van der Waals surface area contributed by atoms with E-state index in [1.165, 1.54) is 21.0 Å². The summed E-state index contributed by atoms with van der Waals surface area (Å²) in [5.74, 6) is 0.0946. The topological polar surface area (TPSA) is 89.5 Å². The average molecular weight is 333 g/mol. The van der Waals surface area contributed by atoms with Gasteiger partial charge >= 0.3 is 0 Å². The van der Waals surface area contributed by atoms with Gasteiger partial charge in [0.2, 0.25) is 0 Å². The second-order valence-electron chi connectivity index (χ2n) is 4.14. The first-order chi connectivity index (χ1) is 9.76. The van der Waals surface area contributed by atoms with Crippen molar-refractivity contribution < 1.29 is 21.6 Å². The first-order valence-electron chi connectivity index (χ1n) is 6.33. The van der Waals surface area contributed by atoms with E-state index in [0.29, 0.717) is 11.4 Å². The molecule has 0 bridgehead atoms. The molecule has 1 aromatic rings. The van der Waals surface area contributed by atoms with E-state index in [1.54, 1.807) is 24.3 Å². The van der Waals surface area contributed by atoms with Gasteiger partial charge in [-0.2, -0.15) is 0 Å². The molecule has 0 saturated carbocycles. The van der Waals surface area contributed by atoms with E-state index in [1.807, 2.05) is 0 Å². The molecule has 6 nitrogen and oxygen atoms in total. The predicted octanol–water partition coefficient (Wildman–Crippen LogP) is 1.78. The number of hydrogen-bond acceptors (Lipinski definition) is 6. The lowest BCUT2D eigenvalue weighted by Crippen LogP contribution is -2.18. The summed E-state index contributed by atoms with van der Waals surface area (Å²) in [4.78, 5) is 0. The summed E-state index contributed by atoms with van der Waals surface area (Å²) in [6.45, 7) is 2.81. The molecular weight excluding hydrogens is 314 g/mol. The monoisotopic (exact) mass is 333 g/mol. The summed E-state index contributed by atoms with van der Waals surface area (Å²) >= 11 is 0. The molecular formula is C13H19NO5S2. The standard InChI is InChI=1S/C13H19NO5S2/c1-4-20(15,16)13(21(17,18)5-2)10-14-11-6-8-12(19-3)9-7-11/h6-10,14H,4-5H2,1-3H3. The van der Waals surface area contributed by atoms with Gasteiger partial charge in [0, 0.05) is 11.9 Å². The van der Waals surface area contributed by atoms with Crippen LogP contribution < -0.4 is 10.1 Å². The Labute approximate surface area is 125 Å². The van der Waals surface area contributed by atoms with Crippen molar-refractivity contribution in [3.63, 3.8) is 0 Å². The lowest BCUT2D eigenvalue weighted by molar-refractivity contribution is 0.415. The van der Waals surface area contributed by atoms with E-state index in [2.05, 4.69) is 5.32 Å². The maximum atomic E-state index is 11.9. The van der Waals surface area contributed by atoms with Gasteiger partial charge in [0.15, 0.2) is 23.9 Å². The Kier molecular flexibility index (Phi) is 5.79. The SMILES string of the molecule is CCS(=O)(=O)C(=CNc1ccc(OC)cc1)S(=O)(=O)CC. The van der Waals surface area contributed by atoms with Crippen molar-refractivity contribution in [2.45, 2.75) is 13.8 Å². The van der Waals surface area contributed by atoms with Crippen molar-refractivity contribution in [2.24, 2.45) is 0 Å². The third-order valence-corrected chi connectivity index (χ3v) is 7.33. The van der Waals surface area contributed by atoms with E-state index in [0.717, 1.165) is 6.20 Å². The quantitative estimate of drug-likeness (QED) is 0.818. The molecule has 21 heavy (non-hydrogen) atoms. The largest absolute Gasteiger partial charge is 0.497 e. The molecule has 0 aliphatic carbocycles. The molecule has 0 aliphatic heterocycles. The average Bonchev–Trinajstić information content (AvgIpc) is 2.47. The Morgan fingerprint density at radius 3 is 1.90 bits per heavy atom. The van der Waals surface area contributed by atoms with Crippen LogP contribution in [0.15, 0.2) is 34.7 Å². The molecule has 8 heteroatoms. The van der Waals surface area contributed by atoms with Gasteiger partial charge in [-0.3, -0.25) is 0 Å². The van der Waals surface area contributed by atoms with Crippen LogP contribution in [0.25, 0.3) is 0 Å². The van der Waals surface area contributed by atoms with Gasteiger partial charge < -0.3 is 10.1 Å². The molecule has 1 N–H and O–H groups in total. The molecule has 1 aromatic carbocycles. The zero-order chi connectivity index (χ0) is 16.1. The summed E-state index contributed by atoms with van der Waals surface area (Å²) in [5.41, 5.74) is 0.561. The number of nitrogens with one attached hydrogen (secondary N) is 1. The fourth-order valence-electron chi connectivity index (χ4n) is 1.49. The third kappa shape index (κ3) is 4.47. The number of benzene rings is 1. The smallest absolute Gasteiger partial charge is 0.190 e. The molecule has 0 aliphatic rings. The van der Waals surface area contributed by atoms with Crippen LogP contribution in [0.3, 0.4) is 0 Å². The van der Waals surface area contributed by atoms with Crippen molar-refractivity contribution in [1.29, 1.82) is 0 Å². The van der Waals surface area contributed by atoms with E-state index < -0.39 is 23.9 Å². The number of hydrogen-bond donors (Lipinski definition) is 1. The van der Waals surface area contributed by atoms with E-state index in [-0.39, 0.29) is 11.5 Å². The summed E-state index contributed by atoms with van der Waals surface area (Å²) < 4.78 is 52.1. The fraction of sp³-hybridized carbons (Fsp3) is 0.385. The number of sulfone groups is 2. The van der Waals surface area contributed by atoms with Gasteiger partial charge in [0.25, 0.3) is 0 Å². The molecule has 0 radical (unpaired) electrons. The Morgan fingerprint density at radius 2 is 1.52 bits per heavy atom. The molecule has 0 spiro atoms. The van der Waals surface area contributed by atoms with Gasteiger partial charge in [-0.15, -0.1) is 0 Å². The third-order valence-electron chi connectivity index (χ3n) is 2.82. The second-order valence-corrected chi connectivity index (χ2v) is 8.89. The highest BCUT2D eigenvalue weighted by Crippen LogP contribution is 2.19. The normalized spacial score (nSPS) is 11.8. The molecule has 0 fully saturated rings. The van der Waals surface area contributed by atoms with Gasteiger partial charge in [0.05, 0.1) is 18.6 Å². The number of anilines is 1. The minimum atomic E-state index is -3.83. The Morgan fingerprint density at radius 1 is 1.05 bits per heavy atom. The van der Waals surface area contributed by atoms with Gasteiger partial charge in [-0.25, -0.2) is 16.8 Å². The molecule has 0 saturated heterocycles. The van der Waals surface area contributed by atoms with Crippen LogP contribution in [0.1, 0.15) is 13.8 Å². The maximum Gasteiger partial charge on any atom is 0.190 e. The van der Waals surface area contributed by atoms with Gasteiger partial charge in [-0.05, 0) is 24.3 Å². The van der Waals surface area contributed by atoms with Gasteiger partial charge in [0.1, 0.15) is 5.75 Å². The molecule has 0 amide bonds. The number of ether oxygens (including phenoxy) is 1. The van der Waals surface area contributed by atoms with Crippen LogP contribution in [0.4, 0.5) is 5.69 Å². The Bertz CT molecular complexity index is 667. The summed E-state index contributed by atoms with van der Waals surface area (Å²) in [5, 5.41) is 2.70. The zero-order valence-corrected chi connectivity index (χ0v) is 13.8. The van der Waals surface area contributed by atoms with Crippen molar-refractivity contribution >= 4 is 25.4 Å². The van der Waals surface area contributed by atoms with Crippen LogP contribution in [-0.2, 0) is 19.7 Å². The number of methoxy groups -OCH3 is 1. The highest BCUT2D eigenvalue weighted by Gasteiger charge is 2.27. The van der Waals surface area contributed by atoms with Crippen LogP contribution in [0.2, 0.25) is 0 Å². The molecule has 0 atom stereocenters. The van der Waals surface area contributed by atoms with E-state index in [9.17, 15) is 16.8 Å². The summed E-state index contributed by atoms with van der Waals surface area (Å²) in [6.07, 6.45) is 1.03. The fourth-order valence-corrected chi connectivity index (χ4v) is 4.79. The molecule has 0 unspecified atom stereocenters. The summed E-state index contributed by atoms with van der Waals surface area (Å²) in [7, 11) is -6.12. The Balaban J connectivity index is 3.15. The van der Waals surface area contributed by atoms with Crippen molar-refractivity contribution in [3.8, 4) is 5.75 Å². The molecule has 1 rings (SSSR count). The van der Waals surface area contributed by atoms with Gasteiger partial charge in [-0.1, -0.05) is 13.8 Å². The molecule has 0 heterocycles.